The second-order valence-corrected chi connectivity index (χ2v) is 2.33. The van der Waals surface area contributed by atoms with Gasteiger partial charge in [-0.1, -0.05) is 12.8 Å². The molecule has 0 heterocycles. The SMILES string of the molecule is OCC1[C]CCCC1. The summed E-state index contributed by atoms with van der Waals surface area (Å²) in [6.45, 7) is 0.306. The molecular formula is C7H12O. The van der Waals surface area contributed by atoms with Gasteiger partial charge in [-0.15, -0.1) is 0 Å². The van der Waals surface area contributed by atoms with Crippen LogP contribution >= 0.6 is 0 Å². The molecule has 1 atom stereocenters. The molecule has 1 nitrogen and oxygen atoms in total. The molecule has 1 N–H and O–H groups in total. The third kappa shape index (κ3) is 1.48. The Morgan fingerprint density at radius 2 is 2.38 bits per heavy atom. The Kier molecular flexibility index (Phi) is 2.34. The second kappa shape index (κ2) is 3.08. The first kappa shape index (κ1) is 6.09. The zero-order chi connectivity index (χ0) is 5.82. The van der Waals surface area contributed by atoms with Gasteiger partial charge in [0, 0.05) is 6.61 Å². The third-order valence-electron chi connectivity index (χ3n) is 1.63. The van der Waals surface area contributed by atoms with Gasteiger partial charge < -0.3 is 5.11 Å². The van der Waals surface area contributed by atoms with Crippen molar-refractivity contribution in [3.63, 3.8) is 0 Å². The number of hydrogen-bond acceptors (Lipinski definition) is 1. The first-order valence-electron chi connectivity index (χ1n) is 3.27. The Bertz CT molecular complexity index is 55.4. The molecule has 1 aliphatic rings. The van der Waals surface area contributed by atoms with Gasteiger partial charge in [0.2, 0.25) is 0 Å². The van der Waals surface area contributed by atoms with E-state index < -0.39 is 0 Å². The molecule has 0 bridgehead atoms. The minimum absolute atomic E-state index is 0.306. The fourth-order valence-electron chi connectivity index (χ4n) is 1.08. The highest BCUT2D eigenvalue weighted by molar-refractivity contribution is 4.79. The van der Waals surface area contributed by atoms with Crippen molar-refractivity contribution in [3.05, 3.63) is 6.42 Å². The van der Waals surface area contributed by atoms with Crippen molar-refractivity contribution in [2.45, 2.75) is 25.7 Å². The molecule has 1 rings (SSSR count). The highest BCUT2D eigenvalue weighted by Gasteiger charge is 2.11. The molecule has 0 aromatic rings. The molecule has 0 aromatic heterocycles. The molecule has 0 spiro atoms. The number of rotatable bonds is 1. The van der Waals surface area contributed by atoms with Crippen LogP contribution in [0, 0.1) is 12.3 Å². The molecule has 8 heavy (non-hydrogen) atoms. The summed E-state index contributed by atoms with van der Waals surface area (Å²) in [7, 11) is 0. The predicted octanol–water partition coefficient (Wildman–Crippen LogP) is 1.25. The minimum Gasteiger partial charge on any atom is -0.396 e. The van der Waals surface area contributed by atoms with E-state index in [4.69, 9.17) is 5.11 Å². The van der Waals surface area contributed by atoms with Crippen molar-refractivity contribution in [3.8, 4) is 0 Å². The molecule has 2 radical (unpaired) electrons. The Hall–Kier alpha value is -0.0400. The lowest BCUT2D eigenvalue weighted by atomic mass is 9.90. The average molecular weight is 112 g/mol. The van der Waals surface area contributed by atoms with Gasteiger partial charge in [0.25, 0.3) is 0 Å². The van der Waals surface area contributed by atoms with Crippen LogP contribution in [-0.4, -0.2) is 11.7 Å². The van der Waals surface area contributed by atoms with Gasteiger partial charge in [-0.3, -0.25) is 0 Å². The lowest BCUT2D eigenvalue weighted by Gasteiger charge is -2.17. The van der Waals surface area contributed by atoms with Crippen molar-refractivity contribution < 1.29 is 5.11 Å². The van der Waals surface area contributed by atoms with Gasteiger partial charge in [0.05, 0.1) is 0 Å². The third-order valence-corrected chi connectivity index (χ3v) is 1.63. The van der Waals surface area contributed by atoms with Crippen molar-refractivity contribution in [2.24, 2.45) is 5.92 Å². The van der Waals surface area contributed by atoms with Gasteiger partial charge >= 0.3 is 0 Å². The van der Waals surface area contributed by atoms with Crippen molar-refractivity contribution in [1.29, 1.82) is 0 Å². The molecule has 46 valence electrons. The Labute approximate surface area is 50.7 Å². The maximum atomic E-state index is 8.63. The summed E-state index contributed by atoms with van der Waals surface area (Å²) in [5, 5.41) is 8.63. The molecular weight excluding hydrogens is 100 g/mol. The number of aliphatic hydroxyl groups excluding tert-OH is 1. The predicted molar refractivity (Wildman–Crippen MR) is 32.3 cm³/mol. The molecule has 0 amide bonds. The van der Waals surface area contributed by atoms with Gasteiger partial charge in [-0.25, -0.2) is 0 Å². The van der Waals surface area contributed by atoms with Gasteiger partial charge in [0.15, 0.2) is 0 Å². The fourth-order valence-corrected chi connectivity index (χ4v) is 1.08. The largest absolute Gasteiger partial charge is 0.396 e. The first-order chi connectivity index (χ1) is 3.93. The van der Waals surface area contributed by atoms with E-state index in [9.17, 15) is 0 Å². The van der Waals surface area contributed by atoms with Crippen LogP contribution in [0.4, 0.5) is 0 Å². The number of aliphatic hydroxyl groups is 1. The summed E-state index contributed by atoms with van der Waals surface area (Å²) in [5.74, 6) is 0.392. The van der Waals surface area contributed by atoms with Crippen LogP contribution in [-0.2, 0) is 0 Å². The van der Waals surface area contributed by atoms with E-state index in [1.807, 2.05) is 0 Å². The second-order valence-electron chi connectivity index (χ2n) is 2.33. The fraction of sp³-hybridized carbons (Fsp3) is 0.857. The monoisotopic (exact) mass is 112 g/mol. The minimum atomic E-state index is 0.306. The van der Waals surface area contributed by atoms with E-state index in [1.165, 1.54) is 12.8 Å². The van der Waals surface area contributed by atoms with E-state index in [-0.39, 0.29) is 0 Å². The van der Waals surface area contributed by atoms with E-state index in [0.29, 0.717) is 12.5 Å². The molecule has 0 aromatic carbocycles. The van der Waals surface area contributed by atoms with E-state index >= 15 is 0 Å². The van der Waals surface area contributed by atoms with Crippen molar-refractivity contribution in [2.75, 3.05) is 6.61 Å². The van der Waals surface area contributed by atoms with Gasteiger partial charge in [-0.05, 0) is 25.2 Å². The van der Waals surface area contributed by atoms with Crippen LogP contribution in [0.1, 0.15) is 25.7 Å². The zero-order valence-corrected chi connectivity index (χ0v) is 5.06. The summed E-state index contributed by atoms with van der Waals surface area (Å²) in [6, 6.07) is 0. The van der Waals surface area contributed by atoms with Crippen molar-refractivity contribution >= 4 is 0 Å². The summed E-state index contributed by atoms with van der Waals surface area (Å²) in [6.07, 6.45) is 8.01. The standard InChI is InChI=1S/C7H12O/c8-6-7-4-2-1-3-5-7/h7-8H,1-4,6H2. The number of hydrogen-bond donors (Lipinski definition) is 1. The van der Waals surface area contributed by atoms with Gasteiger partial charge in [-0.2, -0.15) is 0 Å². The van der Waals surface area contributed by atoms with Crippen LogP contribution in [0.25, 0.3) is 0 Å². The first-order valence-corrected chi connectivity index (χ1v) is 3.27. The molecule has 1 aliphatic carbocycles. The normalized spacial score (nSPS) is 23.6. The average Bonchev–Trinajstić information content (AvgIpc) is 1.90. The van der Waals surface area contributed by atoms with Crippen LogP contribution in [0.3, 0.4) is 0 Å². The maximum Gasteiger partial charge on any atom is 0.0465 e. The summed E-state index contributed by atoms with van der Waals surface area (Å²) >= 11 is 0. The van der Waals surface area contributed by atoms with E-state index in [2.05, 4.69) is 6.42 Å². The Balaban J connectivity index is 2.13. The Morgan fingerprint density at radius 1 is 1.50 bits per heavy atom. The van der Waals surface area contributed by atoms with Crippen molar-refractivity contribution in [1.82, 2.24) is 0 Å². The van der Waals surface area contributed by atoms with Crippen LogP contribution in [0.15, 0.2) is 0 Å². The van der Waals surface area contributed by atoms with Crippen LogP contribution in [0.2, 0.25) is 0 Å². The molecule has 1 heteroatoms. The van der Waals surface area contributed by atoms with E-state index in [0.717, 1.165) is 12.8 Å². The highest BCUT2D eigenvalue weighted by atomic mass is 16.3. The van der Waals surface area contributed by atoms with Crippen LogP contribution < -0.4 is 0 Å². The molecule has 0 saturated heterocycles. The highest BCUT2D eigenvalue weighted by Crippen LogP contribution is 2.21. The molecule has 1 unspecified atom stereocenters. The lowest BCUT2D eigenvalue weighted by Crippen LogP contribution is -2.10. The molecule has 1 fully saturated rings. The maximum absolute atomic E-state index is 8.63. The van der Waals surface area contributed by atoms with Crippen LogP contribution in [0.5, 0.6) is 0 Å². The quantitative estimate of drug-likeness (QED) is 0.541. The van der Waals surface area contributed by atoms with Gasteiger partial charge in [0.1, 0.15) is 0 Å². The zero-order valence-electron chi connectivity index (χ0n) is 5.06. The van der Waals surface area contributed by atoms with E-state index in [1.54, 1.807) is 0 Å². The molecule has 0 aliphatic heterocycles. The smallest absolute Gasteiger partial charge is 0.0465 e. The topological polar surface area (TPSA) is 20.2 Å². The summed E-state index contributed by atoms with van der Waals surface area (Å²) < 4.78 is 0. The lowest BCUT2D eigenvalue weighted by molar-refractivity contribution is 0.222. The summed E-state index contributed by atoms with van der Waals surface area (Å²) in [5.41, 5.74) is 0. The molecule has 1 saturated carbocycles. The summed E-state index contributed by atoms with van der Waals surface area (Å²) in [4.78, 5) is 0. The Morgan fingerprint density at radius 3 is 2.75 bits per heavy atom.